The molecule has 0 saturated carbocycles. The Bertz CT molecular complexity index is 2430. The number of hydrogen-bond acceptors (Lipinski definition) is 4. The molecular formula is C38H20N2O2. The minimum Gasteiger partial charge on any atom is -0.456 e. The van der Waals surface area contributed by atoms with Crippen molar-refractivity contribution in [1.29, 1.82) is 10.5 Å². The standard InChI is InChI=1S/C38H20N2O2/c39-21-32-28(23-8-2-1-3-9-23)20-29(24-14-16-36-30(18-24)26-10-4-6-12-34(26)41-36)33(22-40)38(32)25-15-17-37-31(19-25)27-11-5-7-13-35(27)42-37/h1-20H. The summed E-state index contributed by atoms with van der Waals surface area (Å²) in [6, 6.07) is 44.5. The molecule has 0 aliphatic heterocycles. The van der Waals surface area contributed by atoms with Crippen LogP contribution in [0, 0.1) is 22.7 Å². The number of furan rings is 2. The SMILES string of the molecule is N#Cc1c(-c2ccccc2)cc(-c2ccc3oc4ccccc4c3c2)c(C#N)c1-c1ccc2oc3ccccc3c2c1. The quantitative estimate of drug-likeness (QED) is 0.225. The topological polar surface area (TPSA) is 73.9 Å². The van der Waals surface area contributed by atoms with Crippen LogP contribution in [0.1, 0.15) is 11.1 Å². The molecule has 0 aliphatic rings. The third kappa shape index (κ3) is 3.53. The third-order valence-corrected chi connectivity index (χ3v) is 7.99. The molecular weight excluding hydrogens is 516 g/mol. The number of para-hydroxylation sites is 2. The van der Waals surface area contributed by atoms with E-state index in [2.05, 4.69) is 18.2 Å². The van der Waals surface area contributed by atoms with Gasteiger partial charge < -0.3 is 8.83 Å². The molecule has 8 aromatic rings. The zero-order valence-electron chi connectivity index (χ0n) is 22.3. The van der Waals surface area contributed by atoms with Crippen molar-refractivity contribution in [2.45, 2.75) is 0 Å². The number of nitriles is 2. The fourth-order valence-electron chi connectivity index (χ4n) is 6.05. The van der Waals surface area contributed by atoms with Crippen molar-refractivity contribution in [2.24, 2.45) is 0 Å². The molecule has 4 nitrogen and oxygen atoms in total. The molecule has 0 unspecified atom stereocenters. The van der Waals surface area contributed by atoms with Crippen molar-refractivity contribution in [1.82, 2.24) is 0 Å². The number of fused-ring (bicyclic) bond motifs is 6. The minimum atomic E-state index is 0.450. The molecule has 2 aromatic heterocycles. The van der Waals surface area contributed by atoms with E-state index in [0.29, 0.717) is 16.7 Å². The first-order valence-electron chi connectivity index (χ1n) is 13.6. The van der Waals surface area contributed by atoms with Gasteiger partial charge in [-0.3, -0.25) is 0 Å². The normalized spacial score (nSPS) is 11.3. The maximum Gasteiger partial charge on any atom is 0.135 e. The molecule has 0 spiro atoms. The highest BCUT2D eigenvalue weighted by Gasteiger charge is 2.23. The van der Waals surface area contributed by atoms with Crippen LogP contribution in [-0.4, -0.2) is 0 Å². The van der Waals surface area contributed by atoms with Crippen molar-refractivity contribution in [3.8, 4) is 45.5 Å². The molecule has 2 heterocycles. The summed E-state index contributed by atoms with van der Waals surface area (Å²) < 4.78 is 12.1. The zero-order chi connectivity index (χ0) is 28.2. The molecule has 0 radical (unpaired) electrons. The van der Waals surface area contributed by atoms with Gasteiger partial charge in [-0.05, 0) is 59.2 Å². The maximum atomic E-state index is 10.7. The van der Waals surface area contributed by atoms with Crippen molar-refractivity contribution in [3.63, 3.8) is 0 Å². The van der Waals surface area contributed by atoms with Crippen LogP contribution >= 0.6 is 0 Å². The van der Waals surface area contributed by atoms with Crippen molar-refractivity contribution < 1.29 is 8.83 Å². The van der Waals surface area contributed by atoms with Crippen molar-refractivity contribution in [3.05, 3.63) is 132 Å². The lowest BCUT2D eigenvalue weighted by Gasteiger charge is -2.17. The van der Waals surface area contributed by atoms with E-state index >= 15 is 0 Å². The van der Waals surface area contributed by atoms with E-state index < -0.39 is 0 Å². The molecule has 0 fully saturated rings. The molecule has 194 valence electrons. The van der Waals surface area contributed by atoms with Crippen LogP contribution in [0.25, 0.3) is 77.3 Å². The second kappa shape index (κ2) is 9.24. The lowest BCUT2D eigenvalue weighted by Crippen LogP contribution is -1.98. The highest BCUT2D eigenvalue weighted by molar-refractivity contribution is 6.08. The molecule has 42 heavy (non-hydrogen) atoms. The smallest absolute Gasteiger partial charge is 0.135 e. The molecule has 0 aliphatic carbocycles. The number of nitrogens with zero attached hydrogens (tertiary/aromatic N) is 2. The Balaban J connectivity index is 1.47. The third-order valence-electron chi connectivity index (χ3n) is 7.99. The Morgan fingerprint density at radius 2 is 0.881 bits per heavy atom. The average Bonchev–Trinajstić information content (AvgIpc) is 3.61. The van der Waals surface area contributed by atoms with Crippen LogP contribution in [0.15, 0.2) is 130 Å². The second-order valence-electron chi connectivity index (χ2n) is 10.3. The van der Waals surface area contributed by atoms with Crippen LogP contribution in [0.3, 0.4) is 0 Å². The van der Waals surface area contributed by atoms with E-state index in [-0.39, 0.29) is 0 Å². The Kier molecular flexibility index (Phi) is 5.22. The van der Waals surface area contributed by atoms with E-state index in [4.69, 9.17) is 8.83 Å². The van der Waals surface area contributed by atoms with Crippen LogP contribution in [-0.2, 0) is 0 Å². The first-order chi connectivity index (χ1) is 20.7. The van der Waals surface area contributed by atoms with E-state index in [1.165, 1.54) is 0 Å². The lowest BCUT2D eigenvalue weighted by atomic mass is 9.83. The molecule has 4 heteroatoms. The number of hydrogen-bond donors (Lipinski definition) is 0. The Hall–Kier alpha value is -6.10. The fraction of sp³-hybridized carbons (Fsp3) is 0. The van der Waals surface area contributed by atoms with Gasteiger partial charge in [0.05, 0.1) is 11.1 Å². The molecule has 0 N–H and O–H groups in total. The summed E-state index contributed by atoms with van der Waals surface area (Å²) in [4.78, 5) is 0. The predicted octanol–water partition coefficient (Wildman–Crippen LogP) is 10.2. The van der Waals surface area contributed by atoms with Gasteiger partial charge >= 0.3 is 0 Å². The van der Waals surface area contributed by atoms with Gasteiger partial charge in [0, 0.05) is 38.2 Å². The first kappa shape index (κ1) is 23.8. The summed E-state index contributed by atoms with van der Waals surface area (Å²) in [5.74, 6) is 0. The predicted molar refractivity (Wildman–Crippen MR) is 167 cm³/mol. The summed E-state index contributed by atoms with van der Waals surface area (Å²) in [5, 5.41) is 25.2. The van der Waals surface area contributed by atoms with Gasteiger partial charge in [-0.1, -0.05) is 78.9 Å². The number of rotatable bonds is 3. The largest absolute Gasteiger partial charge is 0.456 e. The Morgan fingerprint density at radius 1 is 0.405 bits per heavy atom. The van der Waals surface area contributed by atoms with Gasteiger partial charge in [0.25, 0.3) is 0 Å². The van der Waals surface area contributed by atoms with Crippen molar-refractivity contribution in [2.75, 3.05) is 0 Å². The first-order valence-corrected chi connectivity index (χ1v) is 13.6. The van der Waals surface area contributed by atoms with Crippen LogP contribution < -0.4 is 0 Å². The van der Waals surface area contributed by atoms with Crippen molar-refractivity contribution >= 4 is 43.9 Å². The van der Waals surface area contributed by atoms with Crippen LogP contribution in [0.4, 0.5) is 0 Å². The molecule has 0 atom stereocenters. The molecule has 8 rings (SSSR count). The molecule has 6 aromatic carbocycles. The summed E-state index contributed by atoms with van der Waals surface area (Å²) in [6.45, 7) is 0. The van der Waals surface area contributed by atoms with Gasteiger partial charge in [0.1, 0.15) is 34.5 Å². The fourth-order valence-corrected chi connectivity index (χ4v) is 6.05. The molecule has 0 amide bonds. The average molecular weight is 537 g/mol. The van der Waals surface area contributed by atoms with E-state index in [1.807, 2.05) is 115 Å². The van der Waals surface area contributed by atoms with Crippen LogP contribution in [0.5, 0.6) is 0 Å². The van der Waals surface area contributed by atoms with E-state index in [0.717, 1.165) is 71.7 Å². The monoisotopic (exact) mass is 536 g/mol. The summed E-state index contributed by atoms with van der Waals surface area (Å²) in [6.07, 6.45) is 0. The maximum absolute atomic E-state index is 10.7. The zero-order valence-corrected chi connectivity index (χ0v) is 22.3. The van der Waals surface area contributed by atoms with Gasteiger partial charge in [0.2, 0.25) is 0 Å². The minimum absolute atomic E-state index is 0.450. The van der Waals surface area contributed by atoms with Crippen LogP contribution in [0.2, 0.25) is 0 Å². The molecule has 0 saturated heterocycles. The lowest BCUT2D eigenvalue weighted by molar-refractivity contribution is 0.668. The van der Waals surface area contributed by atoms with Gasteiger partial charge in [-0.2, -0.15) is 10.5 Å². The molecule has 0 bridgehead atoms. The van der Waals surface area contributed by atoms with E-state index in [1.54, 1.807) is 0 Å². The van der Waals surface area contributed by atoms with Gasteiger partial charge in [0.15, 0.2) is 0 Å². The van der Waals surface area contributed by atoms with Gasteiger partial charge in [-0.15, -0.1) is 0 Å². The highest BCUT2D eigenvalue weighted by Crippen LogP contribution is 2.43. The second-order valence-corrected chi connectivity index (χ2v) is 10.3. The van der Waals surface area contributed by atoms with E-state index in [9.17, 15) is 10.5 Å². The summed E-state index contributed by atoms with van der Waals surface area (Å²) >= 11 is 0. The summed E-state index contributed by atoms with van der Waals surface area (Å²) in [7, 11) is 0. The highest BCUT2D eigenvalue weighted by atomic mass is 16.3. The summed E-state index contributed by atoms with van der Waals surface area (Å²) in [5.41, 5.74) is 8.79. The van der Waals surface area contributed by atoms with Gasteiger partial charge in [-0.25, -0.2) is 0 Å². The Labute approximate surface area is 240 Å². The number of benzene rings is 6. The Morgan fingerprint density at radius 3 is 1.48 bits per heavy atom.